The van der Waals surface area contributed by atoms with Crippen molar-refractivity contribution < 1.29 is 28.7 Å². The van der Waals surface area contributed by atoms with Crippen molar-refractivity contribution in [3.05, 3.63) is 34.6 Å². The average molecular weight is 375 g/mol. The summed E-state index contributed by atoms with van der Waals surface area (Å²) in [5.74, 6) is -2.08. The molecular formula is C18H18FN3O5. The Balaban J connectivity index is 1.64. The molecule has 2 unspecified atom stereocenters. The van der Waals surface area contributed by atoms with Crippen LogP contribution in [0.2, 0.25) is 0 Å². The first-order valence-corrected chi connectivity index (χ1v) is 8.80. The van der Waals surface area contributed by atoms with Gasteiger partial charge in [-0.05, 0) is 36.1 Å². The number of fused-ring (bicyclic) bond motifs is 1. The number of benzene rings is 1. The highest BCUT2D eigenvalue weighted by Crippen LogP contribution is 2.37. The molecule has 4 rings (SSSR count). The van der Waals surface area contributed by atoms with E-state index in [-0.39, 0.29) is 43.3 Å². The van der Waals surface area contributed by atoms with Gasteiger partial charge in [-0.2, -0.15) is 0 Å². The topological polar surface area (TPSA) is 107 Å². The molecule has 27 heavy (non-hydrogen) atoms. The van der Waals surface area contributed by atoms with Crippen molar-refractivity contribution in [2.45, 2.75) is 37.8 Å². The number of imide groups is 1. The third-order valence-corrected chi connectivity index (χ3v) is 5.55. The molecule has 3 aliphatic heterocycles. The monoisotopic (exact) mass is 375 g/mol. The molecular weight excluding hydrogens is 357 g/mol. The second-order valence-electron chi connectivity index (χ2n) is 7.14. The molecule has 3 heterocycles. The summed E-state index contributed by atoms with van der Waals surface area (Å²) in [6, 6.07) is 1.75. The summed E-state index contributed by atoms with van der Waals surface area (Å²) in [6.07, 6.45) is -0.0898. The van der Waals surface area contributed by atoms with Crippen LogP contribution < -0.4 is 5.32 Å². The highest BCUT2D eigenvalue weighted by Gasteiger charge is 2.41. The zero-order chi connectivity index (χ0) is 19.3. The fourth-order valence-corrected chi connectivity index (χ4v) is 4.21. The Hall–Kier alpha value is -2.97. The summed E-state index contributed by atoms with van der Waals surface area (Å²) in [4.78, 5) is 50.1. The van der Waals surface area contributed by atoms with Crippen molar-refractivity contribution >= 4 is 23.8 Å². The zero-order valence-electron chi connectivity index (χ0n) is 14.4. The number of piperidine rings is 1. The molecule has 3 aliphatic rings. The van der Waals surface area contributed by atoms with Gasteiger partial charge in [-0.1, -0.05) is 0 Å². The van der Waals surface area contributed by atoms with Crippen LogP contribution in [0.25, 0.3) is 0 Å². The normalized spacial score (nSPS) is 25.0. The molecule has 0 aliphatic carbocycles. The summed E-state index contributed by atoms with van der Waals surface area (Å²) in [6.45, 7) is 0.757. The molecule has 0 radical (unpaired) electrons. The van der Waals surface area contributed by atoms with Crippen molar-refractivity contribution in [1.29, 1.82) is 0 Å². The SMILES string of the molecule is O=C1CCC(N2Cc3c(cc(F)cc3C3CCN(C(=O)O)C3)C2=O)C(=O)N1. The van der Waals surface area contributed by atoms with Crippen LogP contribution in [0.4, 0.5) is 9.18 Å². The smallest absolute Gasteiger partial charge is 0.407 e. The Morgan fingerprint density at radius 3 is 2.67 bits per heavy atom. The van der Waals surface area contributed by atoms with E-state index in [1.165, 1.54) is 15.9 Å². The average Bonchev–Trinajstić information content (AvgIpc) is 3.21. The lowest BCUT2D eigenvalue weighted by Gasteiger charge is -2.29. The second kappa shape index (κ2) is 6.33. The molecule has 2 fully saturated rings. The minimum atomic E-state index is -1.02. The van der Waals surface area contributed by atoms with Crippen molar-refractivity contribution in [1.82, 2.24) is 15.1 Å². The van der Waals surface area contributed by atoms with E-state index in [1.54, 1.807) is 0 Å². The Labute approximate surface area is 153 Å². The van der Waals surface area contributed by atoms with Gasteiger partial charge in [0.25, 0.3) is 5.91 Å². The molecule has 0 spiro atoms. The highest BCUT2D eigenvalue weighted by atomic mass is 19.1. The molecule has 0 saturated carbocycles. The molecule has 2 saturated heterocycles. The van der Waals surface area contributed by atoms with E-state index in [1.807, 2.05) is 0 Å². The number of hydrogen-bond donors (Lipinski definition) is 2. The molecule has 1 aromatic rings. The fourth-order valence-electron chi connectivity index (χ4n) is 4.21. The second-order valence-corrected chi connectivity index (χ2v) is 7.14. The summed E-state index contributed by atoms with van der Waals surface area (Å²) in [5.41, 5.74) is 1.48. The minimum absolute atomic E-state index is 0.147. The maximum Gasteiger partial charge on any atom is 0.407 e. The largest absolute Gasteiger partial charge is 0.465 e. The Bertz CT molecular complexity index is 871. The van der Waals surface area contributed by atoms with E-state index < -0.39 is 29.8 Å². The zero-order valence-corrected chi connectivity index (χ0v) is 14.4. The molecule has 2 atom stereocenters. The van der Waals surface area contributed by atoms with Crippen LogP contribution in [0.15, 0.2) is 12.1 Å². The number of amides is 4. The molecule has 142 valence electrons. The third-order valence-electron chi connectivity index (χ3n) is 5.55. The summed E-state index contributed by atoms with van der Waals surface area (Å²) >= 11 is 0. The highest BCUT2D eigenvalue weighted by molar-refractivity contribution is 6.05. The van der Waals surface area contributed by atoms with E-state index in [0.29, 0.717) is 24.1 Å². The molecule has 2 N–H and O–H groups in total. The Morgan fingerprint density at radius 2 is 2.00 bits per heavy atom. The van der Waals surface area contributed by atoms with E-state index in [9.17, 15) is 23.6 Å². The van der Waals surface area contributed by atoms with Gasteiger partial charge < -0.3 is 14.9 Å². The minimum Gasteiger partial charge on any atom is -0.465 e. The third kappa shape index (κ3) is 2.92. The van der Waals surface area contributed by atoms with Crippen LogP contribution in [0.1, 0.15) is 46.7 Å². The van der Waals surface area contributed by atoms with Crippen LogP contribution >= 0.6 is 0 Å². The number of carboxylic acid groups (broad SMARTS) is 1. The number of hydrogen-bond acceptors (Lipinski definition) is 4. The predicted molar refractivity (Wildman–Crippen MR) is 89.4 cm³/mol. The number of halogens is 1. The van der Waals surface area contributed by atoms with Crippen molar-refractivity contribution in [3.8, 4) is 0 Å². The Kier molecular flexibility index (Phi) is 4.09. The first-order chi connectivity index (χ1) is 12.8. The number of nitrogens with zero attached hydrogens (tertiary/aromatic N) is 2. The molecule has 1 aromatic carbocycles. The standard InChI is InChI=1S/C18H18FN3O5/c19-10-5-11(9-3-4-21(7-9)18(26)27)13-8-22(17(25)12(13)6-10)14-1-2-15(23)20-16(14)24/h5-6,9,14H,1-4,7-8H2,(H,26,27)(H,20,23,24). The van der Waals surface area contributed by atoms with Gasteiger partial charge in [-0.3, -0.25) is 19.7 Å². The van der Waals surface area contributed by atoms with E-state index in [4.69, 9.17) is 5.11 Å². The van der Waals surface area contributed by atoms with Crippen molar-refractivity contribution in [2.75, 3.05) is 13.1 Å². The van der Waals surface area contributed by atoms with Gasteiger partial charge in [0, 0.05) is 37.5 Å². The number of likely N-dealkylation sites (tertiary alicyclic amines) is 1. The summed E-state index contributed by atoms with van der Waals surface area (Å²) < 4.78 is 14.2. The first kappa shape index (κ1) is 17.4. The van der Waals surface area contributed by atoms with E-state index in [2.05, 4.69) is 5.32 Å². The van der Waals surface area contributed by atoms with Gasteiger partial charge in [0.15, 0.2) is 0 Å². The van der Waals surface area contributed by atoms with Crippen LogP contribution in [0.3, 0.4) is 0 Å². The number of nitrogens with one attached hydrogen (secondary N) is 1. The van der Waals surface area contributed by atoms with Gasteiger partial charge in [0.1, 0.15) is 11.9 Å². The van der Waals surface area contributed by atoms with E-state index in [0.717, 1.165) is 6.07 Å². The molecule has 0 aromatic heterocycles. The molecule has 0 bridgehead atoms. The maximum absolute atomic E-state index is 14.2. The number of carbonyl (C=O) groups excluding carboxylic acids is 3. The van der Waals surface area contributed by atoms with Gasteiger partial charge in [-0.25, -0.2) is 9.18 Å². The number of carbonyl (C=O) groups is 4. The van der Waals surface area contributed by atoms with Crippen LogP contribution in [0, 0.1) is 5.82 Å². The maximum atomic E-state index is 14.2. The van der Waals surface area contributed by atoms with Crippen LogP contribution in [-0.2, 0) is 16.1 Å². The number of rotatable bonds is 2. The van der Waals surface area contributed by atoms with Gasteiger partial charge in [0.2, 0.25) is 11.8 Å². The van der Waals surface area contributed by atoms with Gasteiger partial charge in [0.05, 0.1) is 0 Å². The summed E-state index contributed by atoms with van der Waals surface area (Å²) in [7, 11) is 0. The molecule has 9 heteroatoms. The quantitative estimate of drug-likeness (QED) is 0.752. The molecule has 4 amide bonds. The van der Waals surface area contributed by atoms with E-state index >= 15 is 0 Å². The Morgan fingerprint density at radius 1 is 1.22 bits per heavy atom. The van der Waals surface area contributed by atoms with Crippen LogP contribution in [-0.4, -0.2) is 57.9 Å². The molecule has 8 nitrogen and oxygen atoms in total. The van der Waals surface area contributed by atoms with Crippen molar-refractivity contribution in [3.63, 3.8) is 0 Å². The van der Waals surface area contributed by atoms with Crippen molar-refractivity contribution in [2.24, 2.45) is 0 Å². The first-order valence-electron chi connectivity index (χ1n) is 8.80. The van der Waals surface area contributed by atoms with Gasteiger partial charge >= 0.3 is 6.09 Å². The summed E-state index contributed by atoms with van der Waals surface area (Å²) in [5, 5.41) is 11.4. The van der Waals surface area contributed by atoms with Crippen LogP contribution in [0.5, 0.6) is 0 Å². The predicted octanol–water partition coefficient (Wildman–Crippen LogP) is 1.05. The van der Waals surface area contributed by atoms with Gasteiger partial charge in [-0.15, -0.1) is 0 Å². The fraction of sp³-hybridized carbons (Fsp3) is 0.444. The lowest BCUT2D eigenvalue weighted by atomic mass is 9.91. The lowest BCUT2D eigenvalue weighted by molar-refractivity contribution is -0.136. The lowest BCUT2D eigenvalue weighted by Crippen LogP contribution is -2.52.